The van der Waals surface area contributed by atoms with Crippen molar-refractivity contribution in [3.05, 3.63) is 11.2 Å². The number of hydrogen-bond donors (Lipinski definition) is 1. The number of terminal acetylenes is 1. The zero-order valence-corrected chi connectivity index (χ0v) is 10.9. The van der Waals surface area contributed by atoms with E-state index in [2.05, 4.69) is 11.0 Å². The lowest BCUT2D eigenvalue weighted by Gasteiger charge is -2.17. The zero-order chi connectivity index (χ0) is 13.9. The minimum Gasteiger partial charge on any atom is -0.480 e. The summed E-state index contributed by atoms with van der Waals surface area (Å²) in [4.78, 5) is 10.6. The molecule has 0 aliphatic rings. The Kier molecular flexibility index (Phi) is 4.34. The fourth-order valence-corrected chi connectivity index (χ4v) is 3.20. The molecule has 0 spiro atoms. The Hall–Kier alpha value is -1.56. The van der Waals surface area contributed by atoms with Gasteiger partial charge in [-0.25, -0.2) is 8.42 Å². The van der Waals surface area contributed by atoms with Crippen LogP contribution in [0.25, 0.3) is 0 Å². The van der Waals surface area contributed by atoms with Crippen LogP contribution in [0.2, 0.25) is 5.02 Å². The van der Waals surface area contributed by atoms with Gasteiger partial charge >= 0.3 is 5.97 Å². The van der Waals surface area contributed by atoms with Gasteiger partial charge in [-0.05, 0) is 0 Å². The summed E-state index contributed by atoms with van der Waals surface area (Å²) in [6, 6.07) is 0. The van der Waals surface area contributed by atoms with Crippen molar-refractivity contribution in [1.29, 1.82) is 0 Å². The van der Waals surface area contributed by atoms with Gasteiger partial charge in [0.05, 0.1) is 17.8 Å². The third-order valence-corrected chi connectivity index (χ3v) is 4.31. The van der Waals surface area contributed by atoms with Crippen molar-refractivity contribution in [2.45, 2.75) is 5.03 Å². The van der Waals surface area contributed by atoms with Gasteiger partial charge in [0, 0.05) is 7.05 Å². The van der Waals surface area contributed by atoms with Gasteiger partial charge in [0.15, 0.2) is 5.03 Å². The smallest absolute Gasteiger partial charge is 0.318 e. The van der Waals surface area contributed by atoms with E-state index in [1.807, 2.05) is 0 Å². The highest BCUT2D eigenvalue weighted by Gasteiger charge is 2.31. The third kappa shape index (κ3) is 2.81. The summed E-state index contributed by atoms with van der Waals surface area (Å²) < 4.78 is 26.0. The maximum atomic E-state index is 12.2. The maximum Gasteiger partial charge on any atom is 0.318 e. The summed E-state index contributed by atoms with van der Waals surface area (Å²) in [6.07, 6.45) is 6.18. The van der Waals surface area contributed by atoms with Crippen molar-refractivity contribution in [1.82, 2.24) is 14.1 Å². The Bertz CT molecular complexity index is 582. The van der Waals surface area contributed by atoms with E-state index in [-0.39, 0.29) is 16.6 Å². The Morgan fingerprint density at radius 3 is 2.72 bits per heavy atom. The molecule has 7 nitrogen and oxygen atoms in total. The largest absolute Gasteiger partial charge is 0.480 e. The minimum atomic E-state index is -4.10. The summed E-state index contributed by atoms with van der Waals surface area (Å²) in [5.41, 5.74) is 0. The van der Waals surface area contributed by atoms with Crippen LogP contribution < -0.4 is 0 Å². The quantitative estimate of drug-likeness (QED) is 0.757. The van der Waals surface area contributed by atoms with Crippen LogP contribution in [0.5, 0.6) is 0 Å². The molecule has 0 saturated heterocycles. The summed E-state index contributed by atoms with van der Waals surface area (Å²) >= 11 is 5.72. The van der Waals surface area contributed by atoms with Crippen LogP contribution in [0.1, 0.15) is 0 Å². The van der Waals surface area contributed by atoms with Crippen molar-refractivity contribution in [3.8, 4) is 12.3 Å². The highest BCUT2D eigenvalue weighted by Crippen LogP contribution is 2.23. The molecule has 0 amide bonds. The fraction of sp³-hybridized carbons (Fsp3) is 0.333. The van der Waals surface area contributed by atoms with Gasteiger partial charge in [-0.1, -0.05) is 17.5 Å². The number of hydrogen-bond acceptors (Lipinski definition) is 4. The normalized spacial score (nSPS) is 11.4. The topological polar surface area (TPSA) is 92.5 Å². The van der Waals surface area contributed by atoms with E-state index in [1.165, 1.54) is 7.05 Å². The molecule has 1 N–H and O–H groups in total. The van der Waals surface area contributed by atoms with Crippen molar-refractivity contribution < 1.29 is 18.3 Å². The number of rotatable bonds is 5. The molecule has 18 heavy (non-hydrogen) atoms. The summed E-state index contributed by atoms with van der Waals surface area (Å²) in [6.45, 7) is -1.11. The SMILES string of the molecule is C#CCN(CC(=O)O)S(=O)(=O)c1c(Cl)cnn1C. The zero-order valence-electron chi connectivity index (χ0n) is 9.37. The van der Waals surface area contributed by atoms with E-state index < -0.39 is 22.5 Å². The van der Waals surface area contributed by atoms with Gasteiger partial charge in [0.1, 0.15) is 6.54 Å². The van der Waals surface area contributed by atoms with Gasteiger partial charge in [0.2, 0.25) is 0 Å². The third-order valence-electron chi connectivity index (χ3n) is 2.01. The van der Waals surface area contributed by atoms with Crippen molar-refractivity contribution >= 4 is 27.6 Å². The lowest BCUT2D eigenvalue weighted by molar-refractivity contribution is -0.137. The predicted molar refractivity (Wildman–Crippen MR) is 63.4 cm³/mol. The number of carbonyl (C=O) groups is 1. The number of carboxylic acids is 1. The molecule has 0 atom stereocenters. The number of aliphatic carboxylic acids is 1. The summed E-state index contributed by atoms with van der Waals surface area (Å²) in [5, 5.41) is 12.0. The van der Waals surface area contributed by atoms with Gasteiger partial charge in [-0.3, -0.25) is 9.48 Å². The highest BCUT2D eigenvalue weighted by atomic mass is 35.5. The molecular formula is C9H10ClN3O4S. The molecule has 1 aromatic heterocycles. The average Bonchev–Trinajstić information content (AvgIpc) is 2.57. The van der Waals surface area contributed by atoms with E-state index in [1.54, 1.807) is 0 Å². The predicted octanol–water partition coefficient (Wildman–Crippen LogP) is -0.218. The first-order valence-electron chi connectivity index (χ1n) is 4.63. The van der Waals surface area contributed by atoms with Crippen LogP contribution in [0.4, 0.5) is 0 Å². The van der Waals surface area contributed by atoms with E-state index in [4.69, 9.17) is 23.1 Å². The van der Waals surface area contributed by atoms with Crippen LogP contribution in [0, 0.1) is 12.3 Å². The van der Waals surface area contributed by atoms with E-state index >= 15 is 0 Å². The maximum absolute atomic E-state index is 12.2. The summed E-state index contributed by atoms with van der Waals surface area (Å²) in [5.74, 6) is 0.778. The molecule has 1 heterocycles. The van der Waals surface area contributed by atoms with Crippen molar-refractivity contribution in [2.75, 3.05) is 13.1 Å². The number of halogens is 1. The lowest BCUT2D eigenvalue weighted by Crippen LogP contribution is -2.37. The Morgan fingerprint density at radius 1 is 1.72 bits per heavy atom. The van der Waals surface area contributed by atoms with Crippen molar-refractivity contribution in [3.63, 3.8) is 0 Å². The van der Waals surface area contributed by atoms with Crippen LogP contribution in [-0.2, 0) is 21.9 Å². The van der Waals surface area contributed by atoms with E-state index in [0.717, 1.165) is 10.9 Å². The number of sulfonamides is 1. The molecule has 0 radical (unpaired) electrons. The van der Waals surface area contributed by atoms with Gasteiger partial charge < -0.3 is 5.11 Å². The van der Waals surface area contributed by atoms with Crippen LogP contribution in [0.3, 0.4) is 0 Å². The van der Waals surface area contributed by atoms with Crippen LogP contribution >= 0.6 is 11.6 Å². The molecule has 1 rings (SSSR count). The van der Waals surface area contributed by atoms with Gasteiger partial charge in [0.25, 0.3) is 10.0 Å². The average molecular weight is 292 g/mol. The van der Waals surface area contributed by atoms with Crippen molar-refractivity contribution in [2.24, 2.45) is 7.05 Å². The first kappa shape index (κ1) is 14.5. The molecule has 0 aromatic carbocycles. The fourth-order valence-electron chi connectivity index (χ4n) is 1.29. The summed E-state index contributed by atoms with van der Waals surface area (Å²) in [7, 11) is -2.72. The van der Waals surface area contributed by atoms with Crippen LogP contribution in [-0.4, -0.2) is 46.7 Å². The number of aromatic nitrogens is 2. The second-order valence-corrected chi connectivity index (χ2v) is 5.55. The Morgan fingerprint density at radius 2 is 2.33 bits per heavy atom. The molecule has 0 unspecified atom stereocenters. The monoisotopic (exact) mass is 291 g/mol. The molecule has 0 saturated carbocycles. The molecule has 0 bridgehead atoms. The standard InChI is InChI=1S/C9H10ClN3O4S/c1-3-4-13(6-8(14)15)18(16,17)9-7(10)5-11-12(9)2/h1,5H,4,6H2,2H3,(H,14,15). The molecule has 1 aromatic rings. The minimum absolute atomic E-state index is 0.0927. The number of nitrogens with zero attached hydrogens (tertiary/aromatic N) is 3. The Labute approximate surface area is 109 Å². The molecule has 0 fully saturated rings. The lowest BCUT2D eigenvalue weighted by atomic mass is 10.6. The molecular weight excluding hydrogens is 282 g/mol. The molecule has 0 aliphatic heterocycles. The first-order valence-corrected chi connectivity index (χ1v) is 6.45. The van der Waals surface area contributed by atoms with Crippen LogP contribution in [0.15, 0.2) is 11.2 Å². The second-order valence-electron chi connectivity index (χ2n) is 3.29. The molecule has 0 aliphatic carbocycles. The second kappa shape index (κ2) is 5.39. The molecule has 9 heteroatoms. The van der Waals surface area contributed by atoms with E-state index in [9.17, 15) is 13.2 Å². The molecule has 98 valence electrons. The number of carboxylic acid groups (broad SMARTS) is 1. The van der Waals surface area contributed by atoms with Gasteiger partial charge in [-0.2, -0.15) is 9.40 Å². The number of aryl methyl sites for hydroxylation is 1. The Balaban J connectivity index is 3.26. The van der Waals surface area contributed by atoms with E-state index in [0.29, 0.717) is 4.31 Å². The highest BCUT2D eigenvalue weighted by molar-refractivity contribution is 7.89. The van der Waals surface area contributed by atoms with Gasteiger partial charge in [-0.15, -0.1) is 6.42 Å². The first-order chi connectivity index (χ1) is 8.30.